The van der Waals surface area contributed by atoms with E-state index in [-0.39, 0.29) is 12.3 Å². The highest BCUT2D eigenvalue weighted by atomic mass is 32.2. The van der Waals surface area contributed by atoms with Crippen molar-refractivity contribution in [3.8, 4) is 11.3 Å². The van der Waals surface area contributed by atoms with Crippen molar-refractivity contribution in [1.29, 1.82) is 0 Å². The molecule has 33 heavy (non-hydrogen) atoms. The van der Waals surface area contributed by atoms with Crippen molar-refractivity contribution in [2.24, 2.45) is 5.92 Å². The molecule has 1 fully saturated rings. The van der Waals surface area contributed by atoms with Gasteiger partial charge in [-0.15, -0.1) is 0 Å². The van der Waals surface area contributed by atoms with Crippen molar-refractivity contribution in [3.63, 3.8) is 0 Å². The molecule has 0 radical (unpaired) electrons. The summed E-state index contributed by atoms with van der Waals surface area (Å²) in [5, 5.41) is 0. The van der Waals surface area contributed by atoms with Gasteiger partial charge in [0.2, 0.25) is 5.91 Å². The Morgan fingerprint density at radius 3 is 2.30 bits per heavy atom. The zero-order valence-corrected chi connectivity index (χ0v) is 21.0. The van der Waals surface area contributed by atoms with E-state index in [4.69, 9.17) is 4.42 Å². The number of piperazine rings is 1. The number of carbonyl (C=O) groups is 1. The number of hydrogen-bond acceptors (Lipinski definition) is 5. The predicted molar refractivity (Wildman–Crippen MR) is 129 cm³/mol. The fourth-order valence-corrected chi connectivity index (χ4v) is 5.69. The predicted octanol–water partition coefficient (Wildman–Crippen LogP) is 3.20. The van der Waals surface area contributed by atoms with Crippen LogP contribution in [0.3, 0.4) is 0 Å². The number of aryl methyl sites for hydroxylation is 1. The number of benzene rings is 1. The molecule has 0 saturated carbocycles. The summed E-state index contributed by atoms with van der Waals surface area (Å²) in [5.74, 6) is 1.84. The molecule has 1 saturated heterocycles. The monoisotopic (exact) mass is 476 g/mol. The molecule has 9 heteroatoms. The lowest BCUT2D eigenvalue weighted by molar-refractivity contribution is -0.132. The van der Waals surface area contributed by atoms with Crippen molar-refractivity contribution < 1.29 is 17.6 Å². The zero-order chi connectivity index (χ0) is 24.0. The van der Waals surface area contributed by atoms with Gasteiger partial charge in [0.15, 0.2) is 11.7 Å². The Hall–Kier alpha value is -2.23. The molecule has 2 aromatic rings. The topological polar surface area (TPSA) is 87.0 Å². The van der Waals surface area contributed by atoms with Crippen molar-refractivity contribution >= 4 is 16.1 Å². The Bertz CT molecular complexity index is 1010. The van der Waals surface area contributed by atoms with E-state index in [1.165, 1.54) is 14.2 Å². The van der Waals surface area contributed by atoms with Gasteiger partial charge in [0.25, 0.3) is 10.2 Å². The number of aromatic nitrogens is 1. The van der Waals surface area contributed by atoms with Crippen molar-refractivity contribution in [1.82, 2.24) is 18.5 Å². The first-order chi connectivity index (χ1) is 15.7. The number of nitrogens with zero attached hydrogens (tertiary/aromatic N) is 4. The van der Waals surface area contributed by atoms with Crippen LogP contribution in [0.2, 0.25) is 0 Å². The van der Waals surface area contributed by atoms with E-state index >= 15 is 0 Å². The number of hydrogen-bond donors (Lipinski definition) is 0. The van der Waals surface area contributed by atoms with Gasteiger partial charge in [-0.25, -0.2) is 4.98 Å². The molecule has 1 aromatic carbocycles. The highest BCUT2D eigenvalue weighted by molar-refractivity contribution is 7.86. The van der Waals surface area contributed by atoms with Crippen LogP contribution in [0.4, 0.5) is 0 Å². The molecule has 0 N–H and O–H groups in total. The van der Waals surface area contributed by atoms with Gasteiger partial charge in [-0.2, -0.15) is 17.0 Å². The van der Waals surface area contributed by atoms with E-state index < -0.39 is 10.2 Å². The second kappa shape index (κ2) is 11.3. The highest BCUT2D eigenvalue weighted by Crippen LogP contribution is 2.22. The lowest BCUT2D eigenvalue weighted by Gasteiger charge is -2.36. The number of rotatable bonds is 10. The van der Waals surface area contributed by atoms with Crippen LogP contribution in [0.5, 0.6) is 0 Å². The fourth-order valence-electron chi connectivity index (χ4n) is 4.09. The SMILES string of the molecule is CCN(CC)S(=O)(=O)N1CCN(C(=O)CCc2ncc(-c3ccc(CC(C)C)cc3)o2)CC1. The minimum absolute atomic E-state index is 0.00678. The Morgan fingerprint density at radius 2 is 1.73 bits per heavy atom. The van der Waals surface area contributed by atoms with Crippen LogP contribution in [-0.2, 0) is 27.8 Å². The molecule has 1 aliphatic heterocycles. The summed E-state index contributed by atoms with van der Waals surface area (Å²) in [5.41, 5.74) is 2.27. The molecule has 1 aromatic heterocycles. The molecule has 182 valence electrons. The average molecular weight is 477 g/mol. The molecule has 0 aliphatic carbocycles. The molecule has 1 aliphatic rings. The van der Waals surface area contributed by atoms with Gasteiger partial charge in [0.05, 0.1) is 6.20 Å². The summed E-state index contributed by atoms with van der Waals surface area (Å²) in [6.45, 7) is 10.4. The Balaban J connectivity index is 1.50. The van der Waals surface area contributed by atoms with E-state index in [9.17, 15) is 13.2 Å². The smallest absolute Gasteiger partial charge is 0.282 e. The number of oxazole rings is 1. The van der Waals surface area contributed by atoms with Gasteiger partial charge >= 0.3 is 0 Å². The average Bonchev–Trinajstić information content (AvgIpc) is 3.27. The lowest BCUT2D eigenvalue weighted by atomic mass is 10.0. The summed E-state index contributed by atoms with van der Waals surface area (Å²) >= 11 is 0. The van der Waals surface area contributed by atoms with E-state index in [0.717, 1.165) is 12.0 Å². The largest absolute Gasteiger partial charge is 0.441 e. The summed E-state index contributed by atoms with van der Waals surface area (Å²) in [6.07, 6.45) is 3.45. The molecule has 2 heterocycles. The second-order valence-corrected chi connectivity index (χ2v) is 10.7. The summed E-state index contributed by atoms with van der Waals surface area (Å²) in [7, 11) is -3.46. The lowest BCUT2D eigenvalue weighted by Crippen LogP contribution is -2.54. The van der Waals surface area contributed by atoms with Crippen LogP contribution in [0.15, 0.2) is 34.9 Å². The van der Waals surface area contributed by atoms with E-state index in [1.807, 2.05) is 26.0 Å². The summed E-state index contributed by atoms with van der Waals surface area (Å²) in [4.78, 5) is 18.7. The number of carbonyl (C=O) groups excluding carboxylic acids is 1. The van der Waals surface area contributed by atoms with Crippen molar-refractivity contribution in [3.05, 3.63) is 41.9 Å². The molecule has 0 unspecified atom stereocenters. The van der Waals surface area contributed by atoms with Crippen LogP contribution in [-0.4, -0.2) is 72.1 Å². The molecular weight excluding hydrogens is 440 g/mol. The van der Waals surface area contributed by atoms with Crippen LogP contribution < -0.4 is 0 Å². The van der Waals surface area contributed by atoms with Gasteiger partial charge in [0.1, 0.15) is 0 Å². The van der Waals surface area contributed by atoms with Crippen LogP contribution in [0.25, 0.3) is 11.3 Å². The third-order valence-corrected chi connectivity index (χ3v) is 8.12. The van der Waals surface area contributed by atoms with Gasteiger partial charge in [0, 0.05) is 57.7 Å². The minimum Gasteiger partial charge on any atom is -0.441 e. The molecule has 0 atom stereocenters. The summed E-state index contributed by atoms with van der Waals surface area (Å²) < 4.78 is 34.1. The normalized spacial score (nSPS) is 15.5. The first kappa shape index (κ1) is 25.4. The van der Waals surface area contributed by atoms with Crippen LogP contribution in [0.1, 0.15) is 45.6 Å². The Kier molecular flexibility index (Phi) is 8.67. The van der Waals surface area contributed by atoms with Crippen molar-refractivity contribution in [2.45, 2.75) is 47.0 Å². The molecule has 1 amide bonds. The van der Waals surface area contributed by atoms with E-state index in [1.54, 1.807) is 11.1 Å². The van der Waals surface area contributed by atoms with Crippen LogP contribution in [0, 0.1) is 5.92 Å². The minimum atomic E-state index is -3.46. The number of amides is 1. The Morgan fingerprint density at radius 1 is 1.09 bits per heavy atom. The maximum atomic E-state index is 12.7. The first-order valence-electron chi connectivity index (χ1n) is 11.8. The van der Waals surface area contributed by atoms with E-state index in [2.05, 4.69) is 31.0 Å². The quantitative estimate of drug-likeness (QED) is 0.526. The third kappa shape index (κ3) is 6.43. The third-order valence-electron chi connectivity index (χ3n) is 5.94. The maximum absolute atomic E-state index is 12.7. The van der Waals surface area contributed by atoms with Gasteiger partial charge in [-0.05, 0) is 17.9 Å². The zero-order valence-electron chi connectivity index (χ0n) is 20.2. The van der Waals surface area contributed by atoms with Gasteiger partial charge in [-0.1, -0.05) is 52.0 Å². The van der Waals surface area contributed by atoms with Crippen molar-refractivity contribution in [2.75, 3.05) is 39.3 Å². The molecule has 0 spiro atoms. The fraction of sp³-hybridized carbons (Fsp3) is 0.583. The highest BCUT2D eigenvalue weighted by Gasteiger charge is 2.32. The Labute approximate surface area is 197 Å². The molecule has 3 rings (SSSR count). The summed E-state index contributed by atoms with van der Waals surface area (Å²) in [6, 6.07) is 8.31. The first-order valence-corrected chi connectivity index (χ1v) is 13.2. The maximum Gasteiger partial charge on any atom is 0.282 e. The second-order valence-electron chi connectivity index (χ2n) is 8.79. The van der Waals surface area contributed by atoms with E-state index in [0.29, 0.717) is 63.3 Å². The molecule has 0 bridgehead atoms. The standard InChI is InChI=1S/C24H36N4O4S/c1-5-27(6-2)33(30,31)28-15-13-26(14-16-28)24(29)12-11-23-25-18-22(32-23)21-9-7-20(8-10-21)17-19(3)4/h7-10,18-19H,5-6,11-17H2,1-4H3. The van der Waals surface area contributed by atoms with Crippen LogP contribution >= 0.6 is 0 Å². The molecule has 8 nitrogen and oxygen atoms in total. The van der Waals surface area contributed by atoms with Gasteiger partial charge < -0.3 is 9.32 Å². The van der Waals surface area contributed by atoms with Gasteiger partial charge in [-0.3, -0.25) is 4.79 Å². The molecular formula is C24H36N4O4S.